The first kappa shape index (κ1) is 31.4. The van der Waals surface area contributed by atoms with Gasteiger partial charge >= 0.3 is 6.09 Å². The number of fused-ring (bicyclic) bond motifs is 1. The predicted molar refractivity (Wildman–Crippen MR) is 168 cm³/mol. The summed E-state index contributed by atoms with van der Waals surface area (Å²) in [6.07, 6.45) is 3.03. The number of hydrogen-bond donors (Lipinski definition) is 1. The fraction of sp³-hybridized carbons (Fsp3) is 0.500. The minimum atomic E-state index is -0.624. The van der Waals surface area contributed by atoms with Gasteiger partial charge in [-0.25, -0.2) is 4.79 Å². The smallest absolute Gasteiger partial charge is 0.407 e. The highest BCUT2D eigenvalue weighted by molar-refractivity contribution is 9.10. The number of nitrogens with one attached hydrogen (secondary N) is 1. The van der Waals surface area contributed by atoms with Crippen LogP contribution in [0.2, 0.25) is 5.02 Å². The number of carbonyl (C=O) groups is 2. The second-order valence-electron chi connectivity index (χ2n) is 11.8. The summed E-state index contributed by atoms with van der Waals surface area (Å²) in [6, 6.07) is 15.8. The molecule has 9 heteroatoms. The van der Waals surface area contributed by atoms with Crippen molar-refractivity contribution >= 4 is 50.4 Å². The molecule has 7 nitrogen and oxygen atoms in total. The van der Waals surface area contributed by atoms with Crippen molar-refractivity contribution in [3.05, 3.63) is 69.3 Å². The molecule has 2 unspecified atom stereocenters. The van der Waals surface area contributed by atoms with Gasteiger partial charge in [-0.1, -0.05) is 45.7 Å². The largest absolute Gasteiger partial charge is 0.444 e. The summed E-state index contributed by atoms with van der Waals surface area (Å²) in [6.45, 7) is 8.34. The van der Waals surface area contributed by atoms with E-state index in [0.717, 1.165) is 51.8 Å². The Labute approximate surface area is 256 Å². The number of likely N-dealkylation sites (tertiary alicyclic amines) is 1. The zero-order chi connectivity index (χ0) is 29.6. The van der Waals surface area contributed by atoms with Gasteiger partial charge in [0.1, 0.15) is 5.60 Å². The third kappa shape index (κ3) is 8.72. The van der Waals surface area contributed by atoms with E-state index < -0.39 is 17.7 Å². The molecule has 2 aromatic carbocycles. The number of aromatic nitrogens is 1. The molecule has 2 heterocycles. The van der Waals surface area contributed by atoms with E-state index in [9.17, 15) is 9.59 Å². The highest BCUT2D eigenvalue weighted by Gasteiger charge is 2.30. The standard InChI is InChI=1S/C32H41BrClN3O4/c1-32(2,3)41-31(39)35-25(18-22-11-13-24(33)14-12-22)19-30(38)36-15-6-8-23(21-36)29-20-26-27(34)9-5-10-28(26)37(29)16-7-17-40-4/h5,9-14,20,23,25H,6-8,15-19,21H2,1-4H3,(H,35,39). The van der Waals surface area contributed by atoms with Gasteiger partial charge in [0, 0.05) is 77.8 Å². The number of amides is 2. The van der Waals surface area contributed by atoms with Gasteiger partial charge in [0.15, 0.2) is 0 Å². The number of halogens is 2. The van der Waals surface area contributed by atoms with Crippen LogP contribution in [0.3, 0.4) is 0 Å². The Hall–Kier alpha value is -2.55. The second-order valence-corrected chi connectivity index (χ2v) is 13.1. The second kappa shape index (κ2) is 14.1. The molecule has 1 aliphatic rings. The Balaban J connectivity index is 1.51. The summed E-state index contributed by atoms with van der Waals surface area (Å²) >= 11 is 10.1. The number of carbonyl (C=O) groups excluding carboxylic acids is 2. The summed E-state index contributed by atoms with van der Waals surface area (Å²) in [7, 11) is 1.72. The molecule has 1 fully saturated rings. The van der Waals surface area contributed by atoms with Crippen molar-refractivity contribution in [3.8, 4) is 0 Å². The monoisotopic (exact) mass is 645 g/mol. The predicted octanol–water partition coefficient (Wildman–Crippen LogP) is 7.33. The van der Waals surface area contributed by atoms with Crippen molar-refractivity contribution in [2.75, 3.05) is 26.8 Å². The van der Waals surface area contributed by atoms with Crippen molar-refractivity contribution < 1.29 is 19.1 Å². The van der Waals surface area contributed by atoms with Crippen LogP contribution >= 0.6 is 27.5 Å². The van der Waals surface area contributed by atoms with Crippen LogP contribution in [0.5, 0.6) is 0 Å². The van der Waals surface area contributed by atoms with Crippen molar-refractivity contribution in [1.29, 1.82) is 0 Å². The number of nitrogens with zero attached hydrogens (tertiary/aromatic N) is 2. The van der Waals surface area contributed by atoms with Gasteiger partial charge in [-0.2, -0.15) is 0 Å². The highest BCUT2D eigenvalue weighted by atomic mass is 79.9. The molecule has 4 rings (SSSR count). The first-order valence-corrected chi connectivity index (χ1v) is 15.5. The van der Waals surface area contributed by atoms with E-state index in [0.29, 0.717) is 26.1 Å². The van der Waals surface area contributed by atoms with Crippen LogP contribution in [0.15, 0.2) is 53.0 Å². The van der Waals surface area contributed by atoms with E-state index in [1.165, 1.54) is 5.69 Å². The lowest BCUT2D eigenvalue weighted by Crippen LogP contribution is -2.46. The molecule has 0 bridgehead atoms. The van der Waals surface area contributed by atoms with E-state index in [-0.39, 0.29) is 18.2 Å². The maximum atomic E-state index is 13.7. The van der Waals surface area contributed by atoms with Crippen LogP contribution in [0.1, 0.15) is 63.6 Å². The number of hydrogen-bond acceptors (Lipinski definition) is 4. The van der Waals surface area contributed by atoms with E-state index in [1.54, 1.807) is 7.11 Å². The number of ether oxygens (including phenoxy) is 2. The van der Waals surface area contributed by atoms with Crippen LogP contribution in [-0.2, 0) is 27.2 Å². The summed E-state index contributed by atoms with van der Waals surface area (Å²) < 4.78 is 14.2. The van der Waals surface area contributed by atoms with Gasteiger partial charge in [-0.15, -0.1) is 0 Å². The van der Waals surface area contributed by atoms with Crippen molar-refractivity contribution in [3.63, 3.8) is 0 Å². The first-order valence-electron chi connectivity index (χ1n) is 14.3. The van der Waals surface area contributed by atoms with Gasteiger partial charge in [0.25, 0.3) is 0 Å². The van der Waals surface area contributed by atoms with Gasteiger partial charge < -0.3 is 24.3 Å². The van der Waals surface area contributed by atoms with Crippen molar-refractivity contribution in [1.82, 2.24) is 14.8 Å². The zero-order valence-corrected chi connectivity index (χ0v) is 26.8. The molecular weight excluding hydrogens is 606 g/mol. The lowest BCUT2D eigenvalue weighted by molar-refractivity contribution is -0.132. The van der Waals surface area contributed by atoms with Crippen molar-refractivity contribution in [2.45, 2.75) is 77.0 Å². The fourth-order valence-electron chi connectivity index (χ4n) is 5.56. The maximum absolute atomic E-state index is 13.7. The number of rotatable bonds is 10. The average molecular weight is 647 g/mol. The zero-order valence-electron chi connectivity index (χ0n) is 24.4. The third-order valence-electron chi connectivity index (χ3n) is 7.38. The maximum Gasteiger partial charge on any atom is 0.407 e. The molecule has 2 atom stereocenters. The molecule has 222 valence electrons. The minimum absolute atomic E-state index is 0.0351. The van der Waals surface area contributed by atoms with E-state index >= 15 is 0 Å². The number of benzene rings is 2. The molecule has 41 heavy (non-hydrogen) atoms. The third-order valence-corrected chi connectivity index (χ3v) is 8.24. The van der Waals surface area contributed by atoms with E-state index in [2.05, 4.69) is 37.9 Å². The topological polar surface area (TPSA) is 72.8 Å². The average Bonchev–Trinajstić information content (AvgIpc) is 3.29. The van der Waals surface area contributed by atoms with Crippen molar-refractivity contribution in [2.24, 2.45) is 0 Å². The Morgan fingerprint density at radius 1 is 1.17 bits per heavy atom. The van der Waals surface area contributed by atoms with E-state index in [4.69, 9.17) is 21.1 Å². The van der Waals surface area contributed by atoms with Crippen LogP contribution in [0.25, 0.3) is 10.9 Å². The van der Waals surface area contributed by atoms with Crippen LogP contribution < -0.4 is 5.32 Å². The molecule has 1 aromatic heterocycles. The number of piperidine rings is 1. The quantitative estimate of drug-likeness (QED) is 0.234. The fourth-order valence-corrected chi connectivity index (χ4v) is 6.05. The highest BCUT2D eigenvalue weighted by Crippen LogP contribution is 2.35. The first-order chi connectivity index (χ1) is 19.5. The molecular formula is C32H41BrClN3O4. The van der Waals surface area contributed by atoms with Crippen LogP contribution in [0.4, 0.5) is 4.79 Å². The van der Waals surface area contributed by atoms with Crippen LogP contribution in [-0.4, -0.2) is 59.9 Å². The summed E-state index contributed by atoms with van der Waals surface area (Å²) in [4.78, 5) is 28.3. The number of methoxy groups -OCH3 is 1. The molecule has 0 saturated carbocycles. The molecule has 1 N–H and O–H groups in total. The number of aryl methyl sites for hydroxylation is 1. The summed E-state index contributed by atoms with van der Waals surface area (Å²) in [5.41, 5.74) is 2.74. The number of alkyl carbamates (subject to hydrolysis) is 1. The Morgan fingerprint density at radius 3 is 2.63 bits per heavy atom. The Bertz CT molecular complexity index is 1340. The molecule has 3 aromatic rings. The normalized spacial score (nSPS) is 16.5. The SMILES string of the molecule is COCCCn1c(C2CCCN(C(=O)CC(Cc3ccc(Br)cc3)NC(=O)OC(C)(C)C)C2)cc2c(Cl)cccc21. The summed E-state index contributed by atoms with van der Waals surface area (Å²) in [5.74, 6) is 0.232. The summed E-state index contributed by atoms with van der Waals surface area (Å²) in [5, 5.41) is 4.74. The lowest BCUT2D eigenvalue weighted by Gasteiger charge is -2.34. The molecule has 0 spiro atoms. The molecule has 0 radical (unpaired) electrons. The molecule has 0 aliphatic carbocycles. The van der Waals surface area contributed by atoms with Gasteiger partial charge in [-0.05, 0) is 82.3 Å². The Morgan fingerprint density at radius 2 is 1.93 bits per heavy atom. The van der Waals surface area contributed by atoms with Gasteiger partial charge in [-0.3, -0.25) is 4.79 Å². The van der Waals surface area contributed by atoms with E-state index in [1.807, 2.05) is 62.1 Å². The lowest BCUT2D eigenvalue weighted by atomic mass is 9.93. The van der Waals surface area contributed by atoms with Crippen LogP contribution in [0, 0.1) is 0 Å². The van der Waals surface area contributed by atoms with Gasteiger partial charge in [0.2, 0.25) is 5.91 Å². The minimum Gasteiger partial charge on any atom is -0.444 e. The molecule has 1 saturated heterocycles. The molecule has 2 amide bonds. The molecule has 1 aliphatic heterocycles. The van der Waals surface area contributed by atoms with Gasteiger partial charge in [0.05, 0.1) is 0 Å². The Kier molecular flexibility index (Phi) is 10.8.